The zero-order valence-electron chi connectivity index (χ0n) is 10.7. The van der Waals surface area contributed by atoms with Crippen molar-refractivity contribution in [2.75, 3.05) is 5.75 Å². The molecule has 1 rings (SSSR count). The second-order valence-electron chi connectivity index (χ2n) is 4.28. The Labute approximate surface area is 107 Å². The van der Waals surface area contributed by atoms with Gasteiger partial charge in [0, 0.05) is 10.6 Å². The SMILES string of the molecule is CCC(CC)CSc1ccc(C)c(C(=O)O)c1. The summed E-state index contributed by atoms with van der Waals surface area (Å²) in [6.45, 7) is 6.23. The minimum Gasteiger partial charge on any atom is -0.478 e. The van der Waals surface area contributed by atoms with Crippen molar-refractivity contribution in [1.29, 1.82) is 0 Å². The van der Waals surface area contributed by atoms with Gasteiger partial charge in [-0.15, -0.1) is 11.8 Å². The van der Waals surface area contributed by atoms with Gasteiger partial charge in [-0.1, -0.05) is 32.8 Å². The van der Waals surface area contributed by atoms with Gasteiger partial charge in [0.2, 0.25) is 0 Å². The van der Waals surface area contributed by atoms with Crippen LogP contribution in [0.1, 0.15) is 42.6 Å². The monoisotopic (exact) mass is 252 g/mol. The van der Waals surface area contributed by atoms with Crippen LogP contribution >= 0.6 is 11.8 Å². The van der Waals surface area contributed by atoms with Crippen LogP contribution in [-0.2, 0) is 0 Å². The highest BCUT2D eigenvalue weighted by Gasteiger charge is 2.09. The van der Waals surface area contributed by atoms with Crippen molar-refractivity contribution in [2.24, 2.45) is 5.92 Å². The van der Waals surface area contributed by atoms with Crippen molar-refractivity contribution in [3.05, 3.63) is 29.3 Å². The van der Waals surface area contributed by atoms with Crippen LogP contribution in [0.5, 0.6) is 0 Å². The number of thioether (sulfide) groups is 1. The van der Waals surface area contributed by atoms with Crippen molar-refractivity contribution >= 4 is 17.7 Å². The summed E-state index contributed by atoms with van der Waals surface area (Å²) in [4.78, 5) is 12.1. The molecule has 1 N–H and O–H groups in total. The van der Waals surface area contributed by atoms with E-state index in [4.69, 9.17) is 5.11 Å². The van der Waals surface area contributed by atoms with Crippen molar-refractivity contribution in [1.82, 2.24) is 0 Å². The van der Waals surface area contributed by atoms with E-state index in [2.05, 4.69) is 13.8 Å². The predicted octanol–water partition coefficient (Wildman–Crippen LogP) is 4.22. The first-order valence-electron chi connectivity index (χ1n) is 6.05. The van der Waals surface area contributed by atoms with E-state index in [1.165, 1.54) is 12.8 Å². The minimum absolute atomic E-state index is 0.416. The van der Waals surface area contributed by atoms with Crippen LogP contribution < -0.4 is 0 Å². The molecule has 0 heterocycles. The fourth-order valence-electron chi connectivity index (χ4n) is 1.66. The van der Waals surface area contributed by atoms with E-state index in [1.54, 1.807) is 17.8 Å². The lowest BCUT2D eigenvalue weighted by Gasteiger charge is -2.12. The standard InChI is InChI=1S/C14H20O2S/c1-4-11(5-2)9-17-12-7-6-10(3)13(8-12)14(15)16/h6-8,11H,4-5,9H2,1-3H3,(H,15,16). The van der Waals surface area contributed by atoms with Gasteiger partial charge in [-0.05, 0) is 30.5 Å². The number of benzene rings is 1. The first-order valence-corrected chi connectivity index (χ1v) is 7.03. The molecule has 0 aromatic heterocycles. The molecular formula is C14H20O2S. The summed E-state index contributed by atoms with van der Waals surface area (Å²) >= 11 is 1.75. The van der Waals surface area contributed by atoms with E-state index in [0.29, 0.717) is 5.56 Å². The first-order chi connectivity index (χ1) is 8.08. The van der Waals surface area contributed by atoms with Crippen molar-refractivity contribution in [2.45, 2.75) is 38.5 Å². The Morgan fingerprint density at radius 2 is 2.00 bits per heavy atom. The number of carbonyl (C=O) groups is 1. The summed E-state index contributed by atoms with van der Waals surface area (Å²) in [5.41, 5.74) is 1.24. The summed E-state index contributed by atoms with van der Waals surface area (Å²) < 4.78 is 0. The van der Waals surface area contributed by atoms with Crippen LogP contribution in [0.3, 0.4) is 0 Å². The van der Waals surface area contributed by atoms with E-state index in [1.807, 2.05) is 19.1 Å². The number of hydrogen-bond acceptors (Lipinski definition) is 2. The topological polar surface area (TPSA) is 37.3 Å². The Hall–Kier alpha value is -0.960. The van der Waals surface area contributed by atoms with E-state index < -0.39 is 5.97 Å². The molecule has 0 aliphatic rings. The number of aromatic carboxylic acids is 1. The van der Waals surface area contributed by atoms with Gasteiger partial charge < -0.3 is 5.11 Å². The zero-order chi connectivity index (χ0) is 12.8. The number of carboxylic acid groups (broad SMARTS) is 1. The van der Waals surface area contributed by atoms with Crippen molar-refractivity contribution in [3.63, 3.8) is 0 Å². The third-order valence-corrected chi connectivity index (χ3v) is 4.31. The van der Waals surface area contributed by atoms with Gasteiger partial charge in [-0.3, -0.25) is 0 Å². The highest BCUT2D eigenvalue weighted by molar-refractivity contribution is 7.99. The normalized spacial score (nSPS) is 10.8. The number of carboxylic acids is 1. The molecule has 0 radical (unpaired) electrons. The van der Waals surface area contributed by atoms with Gasteiger partial charge >= 0.3 is 5.97 Å². The van der Waals surface area contributed by atoms with E-state index in [9.17, 15) is 4.79 Å². The Balaban J connectivity index is 2.72. The maximum Gasteiger partial charge on any atom is 0.335 e. The minimum atomic E-state index is -0.840. The molecule has 1 aromatic rings. The van der Waals surface area contributed by atoms with Crippen LogP contribution in [0.25, 0.3) is 0 Å². The second kappa shape index (κ2) is 6.70. The van der Waals surface area contributed by atoms with Crippen LogP contribution in [0.15, 0.2) is 23.1 Å². The molecular weight excluding hydrogens is 232 g/mol. The average Bonchev–Trinajstić information content (AvgIpc) is 2.32. The molecule has 1 aromatic carbocycles. The Morgan fingerprint density at radius 3 is 2.53 bits per heavy atom. The molecule has 0 saturated carbocycles. The molecule has 3 heteroatoms. The van der Waals surface area contributed by atoms with Gasteiger partial charge in [0.25, 0.3) is 0 Å². The lowest BCUT2D eigenvalue weighted by Crippen LogP contribution is -2.02. The molecule has 0 unspecified atom stereocenters. The molecule has 0 bridgehead atoms. The first kappa shape index (κ1) is 14.1. The van der Waals surface area contributed by atoms with E-state index >= 15 is 0 Å². The fraction of sp³-hybridized carbons (Fsp3) is 0.500. The number of aryl methyl sites for hydroxylation is 1. The van der Waals surface area contributed by atoms with Crippen LogP contribution in [0.4, 0.5) is 0 Å². The highest BCUT2D eigenvalue weighted by atomic mass is 32.2. The molecule has 0 spiro atoms. The molecule has 94 valence electrons. The summed E-state index contributed by atoms with van der Waals surface area (Å²) in [6.07, 6.45) is 2.36. The highest BCUT2D eigenvalue weighted by Crippen LogP contribution is 2.25. The molecule has 17 heavy (non-hydrogen) atoms. The smallest absolute Gasteiger partial charge is 0.335 e. The molecule has 0 fully saturated rings. The van der Waals surface area contributed by atoms with Crippen molar-refractivity contribution in [3.8, 4) is 0 Å². The van der Waals surface area contributed by atoms with Gasteiger partial charge in [-0.25, -0.2) is 4.79 Å². The van der Waals surface area contributed by atoms with Gasteiger partial charge in [0.1, 0.15) is 0 Å². The molecule has 0 saturated heterocycles. The lowest BCUT2D eigenvalue weighted by atomic mass is 10.1. The molecule has 0 atom stereocenters. The quantitative estimate of drug-likeness (QED) is 0.770. The molecule has 2 nitrogen and oxygen atoms in total. The number of rotatable bonds is 6. The third-order valence-electron chi connectivity index (χ3n) is 3.08. The molecule has 0 amide bonds. The maximum absolute atomic E-state index is 11.0. The summed E-state index contributed by atoms with van der Waals surface area (Å²) in [7, 11) is 0. The van der Waals surface area contributed by atoms with Gasteiger partial charge in [0.05, 0.1) is 5.56 Å². The summed E-state index contributed by atoms with van der Waals surface area (Å²) in [5, 5.41) is 9.05. The van der Waals surface area contributed by atoms with E-state index in [-0.39, 0.29) is 0 Å². The van der Waals surface area contributed by atoms with E-state index in [0.717, 1.165) is 22.1 Å². The summed E-state index contributed by atoms with van der Waals surface area (Å²) in [6, 6.07) is 5.68. The maximum atomic E-state index is 11.0. The van der Waals surface area contributed by atoms with Crippen molar-refractivity contribution < 1.29 is 9.90 Å². The third kappa shape index (κ3) is 4.08. The molecule has 0 aliphatic heterocycles. The summed E-state index contributed by atoms with van der Waals surface area (Å²) in [5.74, 6) is 0.942. The average molecular weight is 252 g/mol. The largest absolute Gasteiger partial charge is 0.478 e. The predicted molar refractivity (Wildman–Crippen MR) is 72.9 cm³/mol. The zero-order valence-corrected chi connectivity index (χ0v) is 11.5. The van der Waals surface area contributed by atoms with Crippen LogP contribution in [0.2, 0.25) is 0 Å². The van der Waals surface area contributed by atoms with Gasteiger partial charge in [-0.2, -0.15) is 0 Å². The molecule has 0 aliphatic carbocycles. The van der Waals surface area contributed by atoms with Crippen LogP contribution in [0, 0.1) is 12.8 Å². The Morgan fingerprint density at radius 1 is 1.35 bits per heavy atom. The Kier molecular flexibility index (Phi) is 5.56. The lowest BCUT2D eigenvalue weighted by molar-refractivity contribution is 0.0696. The number of hydrogen-bond donors (Lipinski definition) is 1. The Bertz CT molecular complexity index is 384. The fourth-order valence-corrected chi connectivity index (χ4v) is 2.92. The van der Waals surface area contributed by atoms with Crippen LogP contribution in [-0.4, -0.2) is 16.8 Å². The second-order valence-corrected chi connectivity index (χ2v) is 5.37. The van der Waals surface area contributed by atoms with Gasteiger partial charge in [0.15, 0.2) is 0 Å².